The molecule has 0 atom stereocenters. The van der Waals surface area contributed by atoms with Crippen LogP contribution in [0.25, 0.3) is 11.1 Å². The van der Waals surface area contributed by atoms with E-state index in [0.29, 0.717) is 25.0 Å². The van der Waals surface area contributed by atoms with Crippen LogP contribution in [0.1, 0.15) is 143 Å². The quantitative estimate of drug-likeness (QED) is 0.0670. The van der Waals surface area contributed by atoms with Gasteiger partial charge in [0.2, 0.25) is 5.91 Å². The Balaban J connectivity index is 2.00. The zero-order chi connectivity index (χ0) is 39.9. The summed E-state index contributed by atoms with van der Waals surface area (Å²) in [5, 5.41) is 2.24. The molecule has 0 radical (unpaired) electrons. The van der Waals surface area contributed by atoms with E-state index >= 15 is 0 Å². The summed E-state index contributed by atoms with van der Waals surface area (Å²) in [5.74, 6) is -4.38. The Bertz CT molecular complexity index is 1760. The van der Waals surface area contributed by atoms with E-state index < -0.39 is 86.3 Å². The van der Waals surface area contributed by atoms with Crippen molar-refractivity contribution in [2.75, 3.05) is 18.5 Å². The Morgan fingerprint density at radius 3 is 1.56 bits per heavy atom. The van der Waals surface area contributed by atoms with E-state index in [1.165, 1.54) is 6.07 Å². The molecule has 0 saturated carbocycles. The summed E-state index contributed by atoms with van der Waals surface area (Å²) in [5.41, 5.74) is -1.15. The number of primary amides is 1. The lowest BCUT2D eigenvalue weighted by Gasteiger charge is -2.19. The molecule has 0 aromatic heterocycles. The van der Waals surface area contributed by atoms with Gasteiger partial charge in [-0.2, -0.15) is 26.3 Å². The number of carbonyl (C=O) groups is 4. The lowest BCUT2D eigenvalue weighted by Crippen LogP contribution is -2.24. The summed E-state index contributed by atoms with van der Waals surface area (Å²) in [4.78, 5) is 52.7. The van der Waals surface area contributed by atoms with Crippen molar-refractivity contribution in [3.8, 4) is 11.1 Å². The number of carbonyl (C=O) groups excluding carboxylic acids is 4. The van der Waals surface area contributed by atoms with Crippen molar-refractivity contribution < 1.29 is 55.0 Å². The number of nitrogens with two attached hydrogens (primary N) is 1. The van der Waals surface area contributed by atoms with Gasteiger partial charge in [-0.05, 0) is 54.3 Å². The van der Waals surface area contributed by atoms with Crippen LogP contribution in [0.15, 0.2) is 54.6 Å². The van der Waals surface area contributed by atoms with Crippen LogP contribution < -0.4 is 11.1 Å². The summed E-state index contributed by atoms with van der Waals surface area (Å²) in [6.45, 7) is 4.08. The van der Waals surface area contributed by atoms with Crippen molar-refractivity contribution in [3.63, 3.8) is 0 Å². The molecule has 3 aromatic carbocycles. The number of hydrogen-bond acceptors (Lipinski definition) is 6. The molecule has 3 rings (SSSR count). The summed E-state index contributed by atoms with van der Waals surface area (Å²) >= 11 is 0. The number of halogens is 6. The highest BCUT2D eigenvalue weighted by Crippen LogP contribution is 2.43. The fourth-order valence-electron chi connectivity index (χ4n) is 5.83. The summed E-state index contributed by atoms with van der Waals surface area (Å²) in [6, 6.07) is 7.79. The first kappa shape index (κ1) is 43.5. The average molecular weight is 765 g/mol. The van der Waals surface area contributed by atoms with E-state index in [0.717, 1.165) is 101 Å². The highest BCUT2D eigenvalue weighted by Gasteiger charge is 2.38. The number of unbranched alkanes of at least 4 members (excludes halogenated alkanes) is 10. The van der Waals surface area contributed by atoms with E-state index in [9.17, 15) is 45.5 Å². The maximum Gasteiger partial charge on any atom is 0.417 e. The number of nitrogens with one attached hydrogen (secondary N) is 1. The van der Waals surface area contributed by atoms with Gasteiger partial charge in [0.1, 0.15) is 0 Å². The van der Waals surface area contributed by atoms with Crippen molar-refractivity contribution in [3.05, 3.63) is 88.0 Å². The van der Waals surface area contributed by atoms with Gasteiger partial charge < -0.3 is 20.5 Å². The molecule has 0 aliphatic carbocycles. The minimum atomic E-state index is -5.16. The number of rotatable bonds is 20. The third-order valence-electron chi connectivity index (χ3n) is 8.68. The predicted octanol–water partition coefficient (Wildman–Crippen LogP) is 10.8. The molecule has 0 unspecified atom stereocenters. The van der Waals surface area contributed by atoms with Crippen LogP contribution in [0.5, 0.6) is 0 Å². The topological polar surface area (TPSA) is 125 Å². The lowest BCUT2D eigenvalue weighted by atomic mass is 9.94. The molecule has 294 valence electrons. The number of alkyl halides is 6. The van der Waals surface area contributed by atoms with Crippen molar-refractivity contribution in [1.29, 1.82) is 0 Å². The van der Waals surface area contributed by atoms with Crippen molar-refractivity contribution in [1.82, 2.24) is 0 Å². The van der Waals surface area contributed by atoms with Crippen LogP contribution in [0.2, 0.25) is 0 Å². The average Bonchev–Trinajstić information content (AvgIpc) is 3.12. The Labute approximate surface area is 310 Å². The van der Waals surface area contributed by atoms with Gasteiger partial charge in [-0.3, -0.25) is 9.59 Å². The van der Waals surface area contributed by atoms with E-state index in [-0.39, 0.29) is 13.2 Å². The van der Waals surface area contributed by atoms with Crippen LogP contribution in [0.4, 0.5) is 32.0 Å². The third kappa shape index (κ3) is 12.6. The molecule has 0 fully saturated rings. The van der Waals surface area contributed by atoms with Gasteiger partial charge in [-0.25, -0.2) is 9.59 Å². The fraction of sp³-hybridized carbons (Fsp3) is 0.450. The first-order valence-electron chi connectivity index (χ1n) is 18.1. The summed E-state index contributed by atoms with van der Waals surface area (Å²) < 4.78 is 94.9. The molecule has 3 aromatic rings. The molecule has 8 nitrogen and oxygen atoms in total. The molecule has 14 heteroatoms. The van der Waals surface area contributed by atoms with E-state index in [1.54, 1.807) is 0 Å². The molecule has 0 saturated heterocycles. The van der Waals surface area contributed by atoms with Crippen molar-refractivity contribution in [2.45, 2.75) is 103 Å². The maximum absolute atomic E-state index is 14.3. The Hall–Kier alpha value is -4.88. The number of ether oxygens (including phenoxy) is 2. The SMILES string of the molecule is CCCCCCCCOC(=O)c1cc(C(=O)Nc2ccc(-c3ccccc3C(F)(F)F)c(C(F)(F)F)c2)c(C(=O)OCCCCCCCC)cc1C(N)=O. The number of anilines is 1. The molecule has 0 spiro atoms. The summed E-state index contributed by atoms with van der Waals surface area (Å²) in [6.07, 6.45) is 0.455. The molecule has 2 amide bonds. The second kappa shape index (κ2) is 20.5. The highest BCUT2D eigenvalue weighted by atomic mass is 19.4. The zero-order valence-electron chi connectivity index (χ0n) is 30.4. The smallest absolute Gasteiger partial charge is 0.417 e. The van der Waals surface area contributed by atoms with Gasteiger partial charge in [0.25, 0.3) is 5.91 Å². The normalized spacial score (nSPS) is 11.6. The van der Waals surface area contributed by atoms with Crippen LogP contribution in [-0.4, -0.2) is 37.0 Å². The molecule has 0 bridgehead atoms. The van der Waals surface area contributed by atoms with Gasteiger partial charge in [0.15, 0.2) is 0 Å². The molecule has 0 aliphatic heterocycles. The second-order valence-corrected chi connectivity index (χ2v) is 12.9. The maximum atomic E-state index is 14.3. The molecule has 0 heterocycles. The van der Waals surface area contributed by atoms with Crippen LogP contribution >= 0.6 is 0 Å². The zero-order valence-corrected chi connectivity index (χ0v) is 30.4. The largest absolute Gasteiger partial charge is 0.462 e. The number of esters is 2. The first-order chi connectivity index (χ1) is 25.6. The highest BCUT2D eigenvalue weighted by molar-refractivity contribution is 6.15. The van der Waals surface area contributed by atoms with Gasteiger partial charge in [0, 0.05) is 5.69 Å². The molecular formula is C40H46F6N2O6. The van der Waals surface area contributed by atoms with Gasteiger partial charge >= 0.3 is 24.3 Å². The second-order valence-electron chi connectivity index (χ2n) is 12.9. The van der Waals surface area contributed by atoms with Gasteiger partial charge in [-0.15, -0.1) is 0 Å². The molecular weight excluding hydrogens is 718 g/mol. The van der Waals surface area contributed by atoms with Gasteiger partial charge in [0.05, 0.1) is 46.6 Å². The summed E-state index contributed by atoms with van der Waals surface area (Å²) in [7, 11) is 0. The van der Waals surface area contributed by atoms with Gasteiger partial charge in [-0.1, -0.05) is 102 Å². The van der Waals surface area contributed by atoms with Crippen molar-refractivity contribution in [2.24, 2.45) is 5.73 Å². The third-order valence-corrected chi connectivity index (χ3v) is 8.68. The number of benzene rings is 3. The predicted molar refractivity (Wildman–Crippen MR) is 192 cm³/mol. The Kier molecular flexibility index (Phi) is 16.6. The van der Waals surface area contributed by atoms with E-state index in [2.05, 4.69) is 19.2 Å². The molecule has 54 heavy (non-hydrogen) atoms. The van der Waals surface area contributed by atoms with E-state index in [4.69, 9.17) is 15.2 Å². The lowest BCUT2D eigenvalue weighted by molar-refractivity contribution is -0.139. The standard InChI is InChI=1S/C40H46F6N2O6/c1-3-5-7-9-11-15-21-53-37(51)31-25-30(32(24-29(31)35(47)49)38(52)54-22-16-12-10-8-6-4-2)36(50)48-26-19-20-28(34(23-26)40(44,45)46)27-17-13-14-18-33(27)39(41,42)43/h13-14,17-20,23-25H,3-12,15-16,21-22H2,1-2H3,(H2,47,49)(H,48,50). The number of hydrogen-bond donors (Lipinski definition) is 2. The fourth-order valence-corrected chi connectivity index (χ4v) is 5.83. The van der Waals surface area contributed by atoms with Crippen LogP contribution in [0, 0.1) is 0 Å². The van der Waals surface area contributed by atoms with Crippen molar-refractivity contribution >= 4 is 29.4 Å². The van der Waals surface area contributed by atoms with Crippen LogP contribution in [-0.2, 0) is 21.8 Å². The van der Waals surface area contributed by atoms with E-state index in [1.807, 2.05) is 0 Å². The Morgan fingerprint density at radius 1 is 0.574 bits per heavy atom. The van der Waals surface area contributed by atoms with Crippen LogP contribution in [0.3, 0.4) is 0 Å². The first-order valence-corrected chi connectivity index (χ1v) is 18.1. The monoisotopic (exact) mass is 764 g/mol. The minimum absolute atomic E-state index is 0.0171. The molecule has 0 aliphatic rings. The molecule has 3 N–H and O–H groups in total. The number of amides is 2. The minimum Gasteiger partial charge on any atom is -0.462 e. The Morgan fingerprint density at radius 2 is 1.04 bits per heavy atom.